The molecule has 0 saturated carbocycles. The van der Waals surface area contributed by atoms with E-state index in [4.69, 9.17) is 0 Å². The summed E-state index contributed by atoms with van der Waals surface area (Å²) in [7, 11) is 0. The Hall–Kier alpha value is -1.91. The van der Waals surface area contributed by atoms with E-state index in [1.165, 1.54) is 0 Å². The van der Waals surface area contributed by atoms with Crippen LogP contribution in [0.2, 0.25) is 0 Å². The third-order valence-electron chi connectivity index (χ3n) is 4.61. The quantitative estimate of drug-likeness (QED) is 0.805. The first kappa shape index (κ1) is 18.4. The average Bonchev–Trinajstić information content (AvgIpc) is 2.58. The summed E-state index contributed by atoms with van der Waals surface area (Å²) in [6.07, 6.45) is 6.96. The smallest absolute Gasteiger partial charge is 0.222 e. The number of hydrogen-bond acceptors (Lipinski definition) is 3. The molecule has 1 atom stereocenters. The van der Waals surface area contributed by atoms with E-state index in [0.717, 1.165) is 31.4 Å². The molecule has 0 bridgehead atoms. The highest BCUT2D eigenvalue weighted by atomic mass is 16.2. The molecule has 1 saturated heterocycles. The van der Waals surface area contributed by atoms with Crippen LogP contribution in [0.15, 0.2) is 24.5 Å². The fraction of sp³-hybridized carbons (Fsp3) is 0.632. The average molecular weight is 331 g/mol. The highest BCUT2D eigenvalue weighted by Gasteiger charge is 2.29. The first-order chi connectivity index (χ1) is 11.5. The Morgan fingerprint density at radius 2 is 2.21 bits per heavy atom. The van der Waals surface area contributed by atoms with Gasteiger partial charge in [-0.15, -0.1) is 0 Å². The fourth-order valence-corrected chi connectivity index (χ4v) is 3.19. The fourth-order valence-electron chi connectivity index (χ4n) is 3.19. The molecule has 2 amide bonds. The van der Waals surface area contributed by atoms with Crippen molar-refractivity contribution in [3.63, 3.8) is 0 Å². The van der Waals surface area contributed by atoms with Crippen molar-refractivity contribution < 1.29 is 9.59 Å². The van der Waals surface area contributed by atoms with Gasteiger partial charge >= 0.3 is 0 Å². The van der Waals surface area contributed by atoms with Crippen molar-refractivity contribution in [1.82, 2.24) is 14.8 Å². The van der Waals surface area contributed by atoms with Gasteiger partial charge in [0.25, 0.3) is 0 Å². The Morgan fingerprint density at radius 1 is 1.42 bits per heavy atom. The largest absolute Gasteiger partial charge is 0.341 e. The van der Waals surface area contributed by atoms with E-state index in [-0.39, 0.29) is 17.9 Å². The minimum atomic E-state index is 0.0559. The molecule has 0 spiro atoms. The summed E-state index contributed by atoms with van der Waals surface area (Å²) in [6.45, 7) is 7.90. The second-order valence-electron chi connectivity index (χ2n) is 7.08. The third-order valence-corrected chi connectivity index (χ3v) is 4.61. The van der Waals surface area contributed by atoms with E-state index in [2.05, 4.69) is 18.8 Å². The minimum absolute atomic E-state index is 0.0559. The molecule has 1 aromatic rings. The maximum Gasteiger partial charge on any atom is 0.222 e. The molecule has 5 heteroatoms. The van der Waals surface area contributed by atoms with Gasteiger partial charge < -0.3 is 9.80 Å². The Morgan fingerprint density at radius 3 is 2.83 bits per heavy atom. The van der Waals surface area contributed by atoms with Crippen LogP contribution in [0.5, 0.6) is 0 Å². The molecule has 1 fully saturated rings. The number of carbonyl (C=O) groups is 2. The molecule has 0 radical (unpaired) electrons. The van der Waals surface area contributed by atoms with Crippen LogP contribution in [0.3, 0.4) is 0 Å². The van der Waals surface area contributed by atoms with Gasteiger partial charge in [0.05, 0.1) is 0 Å². The van der Waals surface area contributed by atoms with Gasteiger partial charge in [0, 0.05) is 51.4 Å². The van der Waals surface area contributed by atoms with Gasteiger partial charge in [-0.2, -0.15) is 0 Å². The van der Waals surface area contributed by atoms with Crippen molar-refractivity contribution in [3.8, 4) is 0 Å². The van der Waals surface area contributed by atoms with Gasteiger partial charge in [-0.1, -0.05) is 19.9 Å². The van der Waals surface area contributed by atoms with Crippen molar-refractivity contribution in [2.24, 2.45) is 5.92 Å². The highest BCUT2D eigenvalue weighted by molar-refractivity contribution is 5.77. The SMILES string of the molecule is CC(=O)N(Cc1cccnc1)C1CCCN(C(=O)CCC(C)C)C1. The monoisotopic (exact) mass is 331 g/mol. The molecule has 2 heterocycles. The van der Waals surface area contributed by atoms with Crippen LogP contribution in [-0.2, 0) is 16.1 Å². The van der Waals surface area contributed by atoms with Gasteiger partial charge in [-0.25, -0.2) is 0 Å². The van der Waals surface area contributed by atoms with Gasteiger partial charge in [0.1, 0.15) is 0 Å². The van der Waals surface area contributed by atoms with Crippen molar-refractivity contribution in [2.45, 2.75) is 59.0 Å². The van der Waals surface area contributed by atoms with Gasteiger partial charge in [-0.05, 0) is 36.8 Å². The summed E-state index contributed by atoms with van der Waals surface area (Å²) in [6, 6.07) is 3.97. The maximum absolute atomic E-state index is 12.4. The lowest BCUT2D eigenvalue weighted by Gasteiger charge is -2.39. The van der Waals surface area contributed by atoms with Crippen LogP contribution in [0.4, 0.5) is 0 Å². The molecule has 24 heavy (non-hydrogen) atoms. The number of carbonyl (C=O) groups excluding carboxylic acids is 2. The predicted octanol–water partition coefficient (Wildman–Crippen LogP) is 2.86. The van der Waals surface area contributed by atoms with Crippen molar-refractivity contribution in [2.75, 3.05) is 13.1 Å². The molecular formula is C19H29N3O2. The van der Waals surface area contributed by atoms with E-state index in [1.807, 2.05) is 21.9 Å². The normalized spacial score (nSPS) is 17.8. The number of aromatic nitrogens is 1. The van der Waals surface area contributed by atoms with Crippen LogP contribution in [0, 0.1) is 5.92 Å². The topological polar surface area (TPSA) is 53.5 Å². The number of rotatable bonds is 6. The number of pyridine rings is 1. The van der Waals surface area contributed by atoms with Crippen LogP contribution in [-0.4, -0.2) is 45.7 Å². The molecule has 0 aromatic carbocycles. The minimum Gasteiger partial charge on any atom is -0.341 e. The van der Waals surface area contributed by atoms with Crippen LogP contribution in [0.25, 0.3) is 0 Å². The zero-order valence-corrected chi connectivity index (χ0v) is 15.1. The Labute approximate surface area is 145 Å². The van der Waals surface area contributed by atoms with Crippen molar-refractivity contribution in [1.29, 1.82) is 0 Å². The standard InChI is InChI=1S/C19H29N3O2/c1-15(2)8-9-19(24)21-11-5-7-18(14-21)22(16(3)23)13-17-6-4-10-20-12-17/h4,6,10,12,15,18H,5,7-9,11,13-14H2,1-3H3. The Bertz CT molecular complexity index is 545. The van der Waals surface area contributed by atoms with E-state index in [0.29, 0.717) is 25.4 Å². The summed E-state index contributed by atoms with van der Waals surface area (Å²) in [4.78, 5) is 32.5. The van der Waals surface area contributed by atoms with Crippen molar-refractivity contribution in [3.05, 3.63) is 30.1 Å². The van der Waals surface area contributed by atoms with E-state index in [1.54, 1.807) is 19.3 Å². The first-order valence-electron chi connectivity index (χ1n) is 8.91. The van der Waals surface area contributed by atoms with Gasteiger partial charge in [-0.3, -0.25) is 14.6 Å². The molecule has 1 unspecified atom stereocenters. The molecule has 1 aliphatic rings. The number of piperidine rings is 1. The van der Waals surface area contributed by atoms with Gasteiger partial charge in [0.15, 0.2) is 0 Å². The summed E-state index contributed by atoms with van der Waals surface area (Å²) in [5.74, 6) is 0.812. The van der Waals surface area contributed by atoms with Gasteiger partial charge in [0.2, 0.25) is 11.8 Å². The zero-order valence-electron chi connectivity index (χ0n) is 15.1. The summed E-state index contributed by atoms with van der Waals surface area (Å²) in [5, 5.41) is 0. The summed E-state index contributed by atoms with van der Waals surface area (Å²) in [5.41, 5.74) is 1.02. The summed E-state index contributed by atoms with van der Waals surface area (Å²) >= 11 is 0. The highest BCUT2D eigenvalue weighted by Crippen LogP contribution is 2.20. The zero-order chi connectivity index (χ0) is 17.5. The van der Waals surface area contributed by atoms with E-state index >= 15 is 0 Å². The summed E-state index contributed by atoms with van der Waals surface area (Å²) < 4.78 is 0. The molecule has 0 aliphatic carbocycles. The first-order valence-corrected chi connectivity index (χ1v) is 8.91. The van der Waals surface area contributed by atoms with Crippen LogP contribution < -0.4 is 0 Å². The lowest BCUT2D eigenvalue weighted by atomic mass is 10.0. The lowest BCUT2D eigenvalue weighted by Crippen LogP contribution is -2.51. The molecule has 2 rings (SSSR count). The maximum atomic E-state index is 12.4. The second-order valence-corrected chi connectivity index (χ2v) is 7.08. The van der Waals surface area contributed by atoms with Crippen LogP contribution >= 0.6 is 0 Å². The number of nitrogens with zero attached hydrogens (tertiary/aromatic N) is 3. The molecular weight excluding hydrogens is 302 g/mol. The van der Waals surface area contributed by atoms with E-state index < -0.39 is 0 Å². The molecule has 1 aliphatic heterocycles. The number of hydrogen-bond donors (Lipinski definition) is 0. The van der Waals surface area contributed by atoms with E-state index in [9.17, 15) is 9.59 Å². The molecule has 0 N–H and O–H groups in total. The number of amides is 2. The molecule has 1 aromatic heterocycles. The second kappa shape index (κ2) is 8.81. The van der Waals surface area contributed by atoms with Crippen molar-refractivity contribution >= 4 is 11.8 Å². The third kappa shape index (κ3) is 5.32. The molecule has 132 valence electrons. The predicted molar refractivity (Wildman–Crippen MR) is 94.1 cm³/mol. The Kier molecular flexibility index (Phi) is 6.76. The molecule has 5 nitrogen and oxygen atoms in total. The number of likely N-dealkylation sites (tertiary alicyclic amines) is 1. The lowest BCUT2D eigenvalue weighted by molar-refractivity contribution is -0.139. The Balaban J connectivity index is 1.99. The van der Waals surface area contributed by atoms with Crippen LogP contribution in [0.1, 0.15) is 52.0 Å².